The van der Waals surface area contributed by atoms with Gasteiger partial charge in [-0.1, -0.05) is 25.9 Å². The molecule has 8 heteroatoms. The summed E-state index contributed by atoms with van der Waals surface area (Å²) in [6.07, 6.45) is 0.936. The number of carbonyl (C=O) groups excluding carboxylic acids is 2. The highest BCUT2D eigenvalue weighted by molar-refractivity contribution is 6.51. The number of hydrogen-bond donors (Lipinski definition) is 2. The average molecular weight is 345 g/mol. The second-order valence-electron chi connectivity index (χ2n) is 7.40. The summed E-state index contributed by atoms with van der Waals surface area (Å²) in [6, 6.07) is 5.42. The molecule has 2 N–H and O–H groups in total. The largest absolute Gasteiger partial charge is 0.411 e. The zero-order valence-electron chi connectivity index (χ0n) is 14.2. The molecule has 1 amide bonds. The Labute approximate surface area is 144 Å². The van der Waals surface area contributed by atoms with Crippen LogP contribution in [-0.4, -0.2) is 27.5 Å². The Morgan fingerprint density at radius 2 is 1.84 bits per heavy atom. The second kappa shape index (κ2) is 5.11. The molecule has 0 heterocycles. The van der Waals surface area contributed by atoms with Crippen molar-refractivity contribution in [2.24, 2.45) is 21.4 Å². The zero-order chi connectivity index (χ0) is 18.6. The summed E-state index contributed by atoms with van der Waals surface area (Å²) >= 11 is 0. The number of oxime groups is 1. The third-order valence-electron chi connectivity index (χ3n) is 6.40. The Balaban J connectivity index is 1.96. The molecule has 2 aliphatic rings. The first-order chi connectivity index (χ1) is 11.6. The normalized spacial score (nSPS) is 31.3. The van der Waals surface area contributed by atoms with Gasteiger partial charge in [-0.05, 0) is 30.4 Å². The molecule has 0 spiro atoms. The number of nitrogens with one attached hydrogen (secondary N) is 1. The van der Waals surface area contributed by atoms with Crippen LogP contribution in [0.5, 0.6) is 0 Å². The third-order valence-corrected chi connectivity index (χ3v) is 6.40. The van der Waals surface area contributed by atoms with Gasteiger partial charge in [0.15, 0.2) is 5.78 Å². The number of benzene rings is 1. The standard InChI is InChI=1S/C17H19N3O5/c1-15(2)16(3)8-9-17(15,13(21)12(16)19-23)14(22)18-10-4-6-11(7-5-10)20(24)25/h4-7,23H,8-9H2,1-3H3,(H,18,22)/b19-12+. The van der Waals surface area contributed by atoms with Gasteiger partial charge in [-0.25, -0.2) is 0 Å². The fourth-order valence-corrected chi connectivity index (χ4v) is 4.36. The number of rotatable bonds is 3. The molecule has 1 aromatic carbocycles. The van der Waals surface area contributed by atoms with Gasteiger partial charge in [0, 0.05) is 23.2 Å². The summed E-state index contributed by atoms with van der Waals surface area (Å²) < 4.78 is 0. The number of anilines is 1. The van der Waals surface area contributed by atoms with Gasteiger partial charge in [0.05, 0.1) is 4.92 Å². The van der Waals surface area contributed by atoms with Crippen molar-refractivity contribution in [1.29, 1.82) is 0 Å². The molecule has 2 bridgehead atoms. The Hall–Kier alpha value is -2.77. The van der Waals surface area contributed by atoms with Crippen molar-refractivity contribution < 1.29 is 19.7 Å². The van der Waals surface area contributed by atoms with Crippen molar-refractivity contribution in [1.82, 2.24) is 0 Å². The van der Waals surface area contributed by atoms with Gasteiger partial charge in [-0.2, -0.15) is 0 Å². The lowest BCUT2D eigenvalue weighted by atomic mass is 9.64. The molecule has 2 aliphatic carbocycles. The van der Waals surface area contributed by atoms with E-state index < -0.39 is 32.9 Å². The van der Waals surface area contributed by atoms with Crippen LogP contribution in [0.4, 0.5) is 11.4 Å². The van der Waals surface area contributed by atoms with Gasteiger partial charge in [0.25, 0.3) is 5.69 Å². The molecule has 1 aromatic rings. The van der Waals surface area contributed by atoms with Gasteiger partial charge >= 0.3 is 0 Å². The minimum atomic E-state index is -1.31. The van der Waals surface area contributed by atoms with E-state index in [1.807, 2.05) is 20.8 Å². The number of amides is 1. The highest BCUT2D eigenvalue weighted by atomic mass is 16.6. The van der Waals surface area contributed by atoms with Crippen molar-refractivity contribution >= 4 is 28.8 Å². The predicted octanol–water partition coefficient (Wildman–Crippen LogP) is 2.76. The van der Waals surface area contributed by atoms with Crippen molar-refractivity contribution in [3.8, 4) is 0 Å². The Kier molecular flexibility index (Phi) is 3.49. The quantitative estimate of drug-likeness (QED) is 0.377. The van der Waals surface area contributed by atoms with Gasteiger partial charge in [0.1, 0.15) is 11.1 Å². The maximum atomic E-state index is 13.0. The molecule has 2 atom stereocenters. The fourth-order valence-electron chi connectivity index (χ4n) is 4.36. The van der Waals surface area contributed by atoms with Crippen LogP contribution in [0, 0.1) is 26.4 Å². The summed E-state index contributed by atoms with van der Waals surface area (Å²) in [7, 11) is 0. The molecule has 2 saturated carbocycles. The molecule has 0 aromatic heterocycles. The van der Waals surface area contributed by atoms with E-state index in [2.05, 4.69) is 10.5 Å². The first kappa shape index (κ1) is 17.1. The highest BCUT2D eigenvalue weighted by Gasteiger charge is 2.76. The van der Waals surface area contributed by atoms with Crippen LogP contribution in [0.2, 0.25) is 0 Å². The van der Waals surface area contributed by atoms with Gasteiger partial charge in [-0.15, -0.1) is 0 Å². The number of ketones is 1. The van der Waals surface area contributed by atoms with E-state index >= 15 is 0 Å². The molecule has 8 nitrogen and oxygen atoms in total. The second-order valence-corrected chi connectivity index (χ2v) is 7.40. The molecule has 2 fully saturated rings. The van der Waals surface area contributed by atoms with E-state index in [1.165, 1.54) is 24.3 Å². The number of nitro benzene ring substituents is 1. The van der Waals surface area contributed by atoms with Crippen LogP contribution in [0.15, 0.2) is 29.4 Å². The molecule has 132 valence electrons. The number of fused-ring (bicyclic) bond motifs is 2. The topological polar surface area (TPSA) is 122 Å². The summed E-state index contributed by atoms with van der Waals surface area (Å²) in [5, 5.41) is 25.9. The molecule has 0 radical (unpaired) electrons. The number of hydrogen-bond acceptors (Lipinski definition) is 6. The lowest BCUT2D eigenvalue weighted by molar-refractivity contribution is -0.384. The van der Waals surface area contributed by atoms with E-state index in [0.717, 1.165) is 0 Å². The lowest BCUT2D eigenvalue weighted by Gasteiger charge is -2.37. The van der Waals surface area contributed by atoms with E-state index in [9.17, 15) is 24.9 Å². The van der Waals surface area contributed by atoms with Crippen LogP contribution in [-0.2, 0) is 9.59 Å². The summed E-state index contributed by atoms with van der Waals surface area (Å²) in [5.41, 5.74) is -2.38. The monoisotopic (exact) mass is 345 g/mol. The number of Topliss-reactive ketones (excluding diaryl/α,β-unsaturated/α-hetero) is 1. The number of nitrogens with zero attached hydrogens (tertiary/aromatic N) is 2. The smallest absolute Gasteiger partial charge is 0.269 e. The minimum Gasteiger partial charge on any atom is -0.411 e. The fraction of sp³-hybridized carbons (Fsp3) is 0.471. The Morgan fingerprint density at radius 3 is 2.32 bits per heavy atom. The minimum absolute atomic E-state index is 0.0441. The van der Waals surface area contributed by atoms with Crippen LogP contribution in [0.3, 0.4) is 0 Å². The van der Waals surface area contributed by atoms with Crippen molar-refractivity contribution in [3.63, 3.8) is 0 Å². The Bertz CT molecular complexity index is 814. The SMILES string of the molecule is CC12CCC(C(=O)Nc3ccc([N+](=O)[O-])cc3)(C(=O)/C1=N\O)C2(C)C. The Morgan fingerprint density at radius 1 is 1.24 bits per heavy atom. The van der Waals surface area contributed by atoms with E-state index in [4.69, 9.17) is 0 Å². The average Bonchev–Trinajstić information content (AvgIpc) is 2.83. The molecule has 0 saturated heterocycles. The summed E-state index contributed by atoms with van der Waals surface area (Å²) in [5.74, 6) is -0.924. The van der Waals surface area contributed by atoms with E-state index in [1.54, 1.807) is 0 Å². The summed E-state index contributed by atoms with van der Waals surface area (Å²) in [6.45, 7) is 5.52. The van der Waals surface area contributed by atoms with Crippen LogP contribution in [0.1, 0.15) is 33.6 Å². The predicted molar refractivity (Wildman–Crippen MR) is 89.5 cm³/mol. The third kappa shape index (κ3) is 1.90. The van der Waals surface area contributed by atoms with E-state index in [0.29, 0.717) is 18.5 Å². The maximum Gasteiger partial charge on any atom is 0.269 e. The first-order valence-corrected chi connectivity index (χ1v) is 7.95. The van der Waals surface area contributed by atoms with Gasteiger partial charge in [0.2, 0.25) is 5.91 Å². The first-order valence-electron chi connectivity index (χ1n) is 7.95. The number of nitro groups is 1. The zero-order valence-corrected chi connectivity index (χ0v) is 14.2. The van der Waals surface area contributed by atoms with Crippen molar-refractivity contribution in [3.05, 3.63) is 34.4 Å². The van der Waals surface area contributed by atoms with Gasteiger partial charge in [-0.3, -0.25) is 19.7 Å². The maximum absolute atomic E-state index is 13.0. The highest BCUT2D eigenvalue weighted by Crippen LogP contribution is 2.69. The molecule has 0 aliphatic heterocycles. The molecule has 25 heavy (non-hydrogen) atoms. The molecule has 2 unspecified atom stereocenters. The van der Waals surface area contributed by atoms with Crippen molar-refractivity contribution in [2.45, 2.75) is 33.6 Å². The lowest BCUT2D eigenvalue weighted by Crippen LogP contribution is -2.47. The molecule has 3 rings (SSSR count). The van der Waals surface area contributed by atoms with E-state index in [-0.39, 0.29) is 11.4 Å². The van der Waals surface area contributed by atoms with Crippen LogP contribution in [0.25, 0.3) is 0 Å². The van der Waals surface area contributed by atoms with Gasteiger partial charge < -0.3 is 10.5 Å². The molecular weight excluding hydrogens is 326 g/mol. The van der Waals surface area contributed by atoms with Crippen LogP contribution >= 0.6 is 0 Å². The summed E-state index contributed by atoms with van der Waals surface area (Å²) in [4.78, 5) is 36.1. The number of non-ortho nitro benzene ring substituents is 1. The number of carbonyl (C=O) groups is 2. The van der Waals surface area contributed by atoms with Crippen LogP contribution < -0.4 is 5.32 Å². The molecular formula is C17H19N3O5. The van der Waals surface area contributed by atoms with Crippen molar-refractivity contribution in [2.75, 3.05) is 5.32 Å².